The summed E-state index contributed by atoms with van der Waals surface area (Å²) < 4.78 is 31.3. The molecule has 2 heterocycles. The Kier molecular flexibility index (Phi) is 4.38. The number of rotatable bonds is 5. The molecule has 0 aliphatic carbocycles. The van der Waals surface area contributed by atoms with Crippen molar-refractivity contribution in [2.24, 2.45) is 5.41 Å². The molecular weight excluding hydrogens is 326 g/mol. The van der Waals surface area contributed by atoms with Gasteiger partial charge in [-0.25, -0.2) is 13.8 Å². The normalized spacial score (nSPS) is 16.0. The second kappa shape index (κ2) is 6.31. The molecule has 1 aromatic carbocycles. The maximum absolute atomic E-state index is 13.3. The molecule has 2 N–H and O–H groups in total. The first-order valence-electron chi connectivity index (χ1n) is 6.91. The Bertz CT molecular complexity index is 726. The number of nitrogens with one attached hydrogen (secondary N) is 1. The average molecular weight is 340 g/mol. The number of benzene rings is 1. The van der Waals surface area contributed by atoms with Crippen LogP contribution in [-0.2, 0) is 4.74 Å². The van der Waals surface area contributed by atoms with Gasteiger partial charge in [-0.2, -0.15) is 0 Å². The topological polar surface area (TPSA) is 71.5 Å². The highest BCUT2D eigenvalue weighted by Crippen LogP contribution is 2.28. The Morgan fingerprint density at radius 1 is 1.39 bits per heavy atom. The van der Waals surface area contributed by atoms with Crippen LogP contribution in [0.4, 0.5) is 8.78 Å². The molecule has 2 aromatic rings. The first kappa shape index (κ1) is 16.0. The number of hydrogen-bond donors (Lipinski definition) is 2. The third kappa shape index (κ3) is 3.24. The summed E-state index contributed by atoms with van der Waals surface area (Å²) in [6.45, 7) is 1.07. The van der Waals surface area contributed by atoms with Gasteiger partial charge in [-0.15, -0.1) is 11.3 Å². The van der Waals surface area contributed by atoms with E-state index >= 15 is 0 Å². The van der Waals surface area contributed by atoms with Crippen molar-refractivity contribution < 1.29 is 23.4 Å². The van der Waals surface area contributed by atoms with Gasteiger partial charge in [-0.3, -0.25) is 4.79 Å². The van der Waals surface area contributed by atoms with Crippen molar-refractivity contribution >= 4 is 17.2 Å². The van der Waals surface area contributed by atoms with Gasteiger partial charge in [0.15, 0.2) is 11.6 Å². The average Bonchev–Trinajstić information content (AvgIpc) is 2.99. The van der Waals surface area contributed by atoms with Gasteiger partial charge in [0, 0.05) is 12.1 Å². The summed E-state index contributed by atoms with van der Waals surface area (Å²) in [6.07, 6.45) is 1.39. The first-order valence-corrected chi connectivity index (χ1v) is 7.73. The molecule has 0 radical (unpaired) electrons. The smallest absolute Gasteiger partial charge is 0.263 e. The van der Waals surface area contributed by atoms with Crippen LogP contribution in [0.3, 0.4) is 0 Å². The van der Waals surface area contributed by atoms with Gasteiger partial charge in [0.2, 0.25) is 0 Å². The minimum absolute atomic E-state index is 0.0594. The minimum atomic E-state index is -0.960. The van der Waals surface area contributed by atoms with Crippen molar-refractivity contribution in [1.82, 2.24) is 10.3 Å². The van der Waals surface area contributed by atoms with Crippen LogP contribution in [0.25, 0.3) is 10.6 Å². The number of aliphatic hydroxyl groups excluding tert-OH is 1. The van der Waals surface area contributed by atoms with Gasteiger partial charge >= 0.3 is 0 Å². The molecule has 0 bridgehead atoms. The monoisotopic (exact) mass is 340 g/mol. The van der Waals surface area contributed by atoms with Crippen LogP contribution in [0, 0.1) is 17.0 Å². The fraction of sp³-hybridized carbons (Fsp3) is 0.333. The van der Waals surface area contributed by atoms with E-state index in [1.807, 2.05) is 0 Å². The molecule has 1 saturated heterocycles. The van der Waals surface area contributed by atoms with E-state index in [1.165, 1.54) is 12.3 Å². The predicted molar refractivity (Wildman–Crippen MR) is 80.1 cm³/mol. The van der Waals surface area contributed by atoms with Gasteiger partial charge in [-0.1, -0.05) is 0 Å². The van der Waals surface area contributed by atoms with Gasteiger partial charge in [0.1, 0.15) is 9.88 Å². The van der Waals surface area contributed by atoms with E-state index in [-0.39, 0.29) is 12.5 Å². The summed E-state index contributed by atoms with van der Waals surface area (Å²) in [5.41, 5.74) is -0.00401. The van der Waals surface area contributed by atoms with Gasteiger partial charge in [0.25, 0.3) is 5.91 Å². The number of nitrogens with zero attached hydrogens (tertiary/aromatic N) is 1. The summed E-state index contributed by atoms with van der Waals surface area (Å²) in [5, 5.41) is 12.5. The van der Waals surface area contributed by atoms with Gasteiger partial charge < -0.3 is 15.2 Å². The lowest BCUT2D eigenvalue weighted by Crippen LogP contribution is -2.53. The molecular formula is C15H14F2N2O3S. The lowest BCUT2D eigenvalue weighted by atomic mass is 9.87. The molecule has 0 saturated carbocycles. The van der Waals surface area contributed by atoms with Crippen molar-refractivity contribution in [2.75, 3.05) is 26.4 Å². The van der Waals surface area contributed by atoms with E-state index in [0.717, 1.165) is 23.5 Å². The first-order chi connectivity index (χ1) is 11.0. The minimum Gasteiger partial charge on any atom is -0.396 e. The molecule has 0 unspecified atom stereocenters. The molecule has 1 aromatic heterocycles. The standard InChI is InChI=1S/C15H14F2N2O3S/c16-10-2-1-9(3-11(10)17)14-18-4-12(23-14)13(21)19-5-15(6-20)7-22-8-15/h1-4,20H,5-8H2,(H,19,21). The van der Waals surface area contributed by atoms with E-state index in [0.29, 0.717) is 35.2 Å². The van der Waals surface area contributed by atoms with E-state index in [1.54, 1.807) is 0 Å². The number of ether oxygens (including phenoxy) is 1. The van der Waals surface area contributed by atoms with Crippen LogP contribution in [0.1, 0.15) is 9.67 Å². The molecule has 0 atom stereocenters. The molecule has 1 amide bonds. The number of carbonyl (C=O) groups is 1. The molecule has 0 spiro atoms. The van der Waals surface area contributed by atoms with Crippen LogP contribution < -0.4 is 5.32 Å². The lowest BCUT2D eigenvalue weighted by Gasteiger charge is -2.39. The zero-order valence-corrected chi connectivity index (χ0v) is 12.8. The third-order valence-electron chi connectivity index (χ3n) is 3.67. The lowest BCUT2D eigenvalue weighted by molar-refractivity contribution is -0.133. The van der Waals surface area contributed by atoms with E-state index in [2.05, 4.69) is 10.3 Å². The zero-order valence-electron chi connectivity index (χ0n) is 12.0. The Hall–Kier alpha value is -1.90. The van der Waals surface area contributed by atoms with Crippen LogP contribution >= 0.6 is 11.3 Å². The molecule has 1 fully saturated rings. The SMILES string of the molecule is O=C(NCC1(CO)COC1)c1cnc(-c2ccc(F)c(F)c2)s1. The summed E-state index contributed by atoms with van der Waals surface area (Å²) in [4.78, 5) is 16.5. The molecule has 1 aliphatic rings. The largest absolute Gasteiger partial charge is 0.396 e. The number of hydrogen-bond acceptors (Lipinski definition) is 5. The quantitative estimate of drug-likeness (QED) is 0.871. The van der Waals surface area contributed by atoms with Crippen LogP contribution in [0.5, 0.6) is 0 Å². The van der Waals surface area contributed by atoms with Crippen molar-refractivity contribution in [3.8, 4) is 10.6 Å². The predicted octanol–water partition coefficient (Wildman–Crippen LogP) is 1.83. The Morgan fingerprint density at radius 3 is 2.78 bits per heavy atom. The highest BCUT2D eigenvalue weighted by molar-refractivity contribution is 7.16. The summed E-state index contributed by atoms with van der Waals surface area (Å²) >= 11 is 1.09. The van der Waals surface area contributed by atoms with Crippen molar-refractivity contribution in [3.63, 3.8) is 0 Å². The number of aromatic nitrogens is 1. The number of carbonyl (C=O) groups excluding carboxylic acids is 1. The highest BCUT2D eigenvalue weighted by atomic mass is 32.1. The fourth-order valence-electron chi connectivity index (χ4n) is 2.14. The molecule has 122 valence electrons. The maximum Gasteiger partial charge on any atom is 0.263 e. The molecule has 3 rings (SSSR count). The van der Waals surface area contributed by atoms with E-state index in [9.17, 15) is 18.7 Å². The molecule has 5 nitrogen and oxygen atoms in total. The number of amides is 1. The maximum atomic E-state index is 13.3. The third-order valence-corrected chi connectivity index (χ3v) is 4.72. The van der Waals surface area contributed by atoms with Gasteiger partial charge in [-0.05, 0) is 18.2 Å². The van der Waals surface area contributed by atoms with Crippen LogP contribution in [-0.4, -0.2) is 42.4 Å². The molecule has 8 heteroatoms. The Morgan fingerprint density at radius 2 is 2.17 bits per heavy atom. The number of aliphatic hydroxyl groups is 1. The van der Waals surface area contributed by atoms with E-state index in [4.69, 9.17) is 4.74 Å². The second-order valence-corrected chi connectivity index (χ2v) is 6.52. The summed E-state index contributed by atoms with van der Waals surface area (Å²) in [6, 6.07) is 3.47. The van der Waals surface area contributed by atoms with Crippen LogP contribution in [0.15, 0.2) is 24.4 Å². The highest BCUT2D eigenvalue weighted by Gasteiger charge is 2.38. The Balaban J connectivity index is 1.68. The summed E-state index contributed by atoms with van der Waals surface area (Å²) in [7, 11) is 0. The molecule has 23 heavy (non-hydrogen) atoms. The van der Waals surface area contributed by atoms with Crippen molar-refractivity contribution in [1.29, 1.82) is 0 Å². The van der Waals surface area contributed by atoms with Crippen LogP contribution in [0.2, 0.25) is 0 Å². The number of thiazole rings is 1. The van der Waals surface area contributed by atoms with Crippen molar-refractivity contribution in [2.45, 2.75) is 0 Å². The zero-order chi connectivity index (χ0) is 16.4. The summed E-state index contributed by atoms with van der Waals surface area (Å²) in [5.74, 6) is -2.21. The van der Waals surface area contributed by atoms with Gasteiger partial charge in [0.05, 0.1) is 31.4 Å². The van der Waals surface area contributed by atoms with E-state index < -0.39 is 17.0 Å². The molecule has 1 aliphatic heterocycles. The fourth-order valence-corrected chi connectivity index (χ4v) is 2.97. The number of halogens is 2. The Labute approximate surface area is 134 Å². The van der Waals surface area contributed by atoms with Crippen molar-refractivity contribution in [3.05, 3.63) is 40.9 Å². The second-order valence-electron chi connectivity index (χ2n) is 5.49.